The molecule has 1 aromatic carbocycles. The van der Waals surface area contributed by atoms with Gasteiger partial charge >= 0.3 is 5.97 Å². The van der Waals surface area contributed by atoms with Crippen molar-refractivity contribution in [2.24, 2.45) is 0 Å². The van der Waals surface area contributed by atoms with E-state index in [9.17, 15) is 9.59 Å². The molecule has 21 heavy (non-hydrogen) atoms. The first-order chi connectivity index (χ1) is 10.0. The molecule has 6 nitrogen and oxygen atoms in total. The number of benzene rings is 1. The van der Waals surface area contributed by atoms with Crippen LogP contribution in [0.4, 0.5) is 5.69 Å². The van der Waals surface area contributed by atoms with E-state index in [0.29, 0.717) is 17.0 Å². The molecular weight excluding hydrogens is 272 g/mol. The Morgan fingerprint density at radius 1 is 1.24 bits per heavy atom. The normalized spacial score (nSPS) is 10.0. The Labute approximate surface area is 121 Å². The summed E-state index contributed by atoms with van der Waals surface area (Å²) in [5.41, 5.74) is 1.66. The molecule has 0 saturated carbocycles. The lowest BCUT2D eigenvalue weighted by Gasteiger charge is -2.10. The minimum atomic E-state index is -1.12. The van der Waals surface area contributed by atoms with Crippen LogP contribution in [0.2, 0.25) is 0 Å². The van der Waals surface area contributed by atoms with E-state index < -0.39 is 5.97 Å². The van der Waals surface area contributed by atoms with Gasteiger partial charge in [-0.25, -0.2) is 9.78 Å². The number of carboxylic acids is 1. The third kappa shape index (κ3) is 3.36. The van der Waals surface area contributed by atoms with Gasteiger partial charge in [0.15, 0.2) is 0 Å². The number of carboxylic acid groups (broad SMARTS) is 1. The molecule has 0 fully saturated rings. The Bertz CT molecular complexity index is 681. The molecular formula is C15H14N2O4. The SMILES string of the molecule is COc1ccc(C)cc1C(=O)Nc1ccc(C(=O)O)nc1. The molecule has 0 radical (unpaired) electrons. The Morgan fingerprint density at radius 2 is 2.00 bits per heavy atom. The highest BCUT2D eigenvalue weighted by Crippen LogP contribution is 2.21. The Morgan fingerprint density at radius 3 is 2.57 bits per heavy atom. The van der Waals surface area contributed by atoms with Crippen LogP contribution < -0.4 is 10.1 Å². The highest BCUT2D eigenvalue weighted by atomic mass is 16.5. The van der Waals surface area contributed by atoms with Gasteiger partial charge in [-0.3, -0.25) is 4.79 Å². The van der Waals surface area contributed by atoms with E-state index in [1.165, 1.54) is 25.4 Å². The van der Waals surface area contributed by atoms with Crippen molar-refractivity contribution in [1.29, 1.82) is 0 Å². The number of hydrogen-bond donors (Lipinski definition) is 2. The average Bonchev–Trinajstić information content (AvgIpc) is 2.47. The number of carbonyl (C=O) groups excluding carboxylic acids is 1. The minimum Gasteiger partial charge on any atom is -0.496 e. The molecule has 0 unspecified atom stereocenters. The molecule has 1 heterocycles. The van der Waals surface area contributed by atoms with Gasteiger partial charge < -0.3 is 15.2 Å². The van der Waals surface area contributed by atoms with Crippen molar-refractivity contribution in [2.75, 3.05) is 12.4 Å². The number of methoxy groups -OCH3 is 1. The standard InChI is InChI=1S/C15H14N2O4/c1-9-3-6-13(21-2)11(7-9)14(18)17-10-4-5-12(15(19)20)16-8-10/h3-8H,1-2H3,(H,17,18)(H,19,20). The van der Waals surface area contributed by atoms with Gasteiger partial charge in [-0.1, -0.05) is 11.6 Å². The minimum absolute atomic E-state index is 0.0823. The number of carbonyl (C=O) groups is 2. The first kappa shape index (κ1) is 14.5. The van der Waals surface area contributed by atoms with Crippen molar-refractivity contribution in [2.45, 2.75) is 6.92 Å². The number of anilines is 1. The van der Waals surface area contributed by atoms with Gasteiger partial charge in [-0.2, -0.15) is 0 Å². The molecule has 6 heteroatoms. The van der Waals surface area contributed by atoms with E-state index in [1.54, 1.807) is 12.1 Å². The number of amides is 1. The second-order valence-electron chi connectivity index (χ2n) is 4.40. The highest BCUT2D eigenvalue weighted by Gasteiger charge is 2.13. The van der Waals surface area contributed by atoms with Crippen molar-refractivity contribution in [1.82, 2.24) is 4.98 Å². The van der Waals surface area contributed by atoms with E-state index in [2.05, 4.69) is 10.3 Å². The van der Waals surface area contributed by atoms with E-state index in [1.807, 2.05) is 13.0 Å². The highest BCUT2D eigenvalue weighted by molar-refractivity contribution is 6.06. The summed E-state index contributed by atoms with van der Waals surface area (Å²) in [6.07, 6.45) is 1.30. The average molecular weight is 286 g/mol. The van der Waals surface area contributed by atoms with Crippen molar-refractivity contribution in [3.8, 4) is 5.75 Å². The first-order valence-corrected chi connectivity index (χ1v) is 6.16. The van der Waals surface area contributed by atoms with Gasteiger partial charge in [0.25, 0.3) is 5.91 Å². The third-order valence-corrected chi connectivity index (χ3v) is 2.84. The van der Waals surface area contributed by atoms with Crippen LogP contribution in [0.5, 0.6) is 5.75 Å². The van der Waals surface area contributed by atoms with Crippen LogP contribution in [0.1, 0.15) is 26.4 Å². The summed E-state index contributed by atoms with van der Waals surface area (Å²) >= 11 is 0. The van der Waals surface area contributed by atoms with Crippen molar-refractivity contribution in [3.05, 3.63) is 53.3 Å². The molecule has 0 spiro atoms. The number of aryl methyl sites for hydroxylation is 1. The predicted octanol–water partition coefficient (Wildman–Crippen LogP) is 2.35. The number of pyridine rings is 1. The molecule has 0 bridgehead atoms. The van der Waals surface area contributed by atoms with Gasteiger partial charge in [-0.05, 0) is 31.2 Å². The lowest BCUT2D eigenvalue weighted by Crippen LogP contribution is -2.14. The van der Waals surface area contributed by atoms with Crippen LogP contribution in [0, 0.1) is 6.92 Å². The van der Waals surface area contributed by atoms with Crippen LogP contribution in [0.15, 0.2) is 36.5 Å². The number of aromatic carboxylic acids is 1. The number of ether oxygens (including phenoxy) is 1. The van der Waals surface area contributed by atoms with E-state index in [-0.39, 0.29) is 11.6 Å². The van der Waals surface area contributed by atoms with Gasteiger partial charge in [0.1, 0.15) is 11.4 Å². The summed E-state index contributed by atoms with van der Waals surface area (Å²) in [5.74, 6) is -0.998. The fourth-order valence-electron chi connectivity index (χ4n) is 1.79. The van der Waals surface area contributed by atoms with Crippen LogP contribution in [0.25, 0.3) is 0 Å². The lowest BCUT2D eigenvalue weighted by atomic mass is 10.1. The summed E-state index contributed by atoms with van der Waals surface area (Å²) in [6.45, 7) is 1.87. The van der Waals surface area contributed by atoms with Crippen molar-refractivity contribution >= 4 is 17.6 Å². The molecule has 0 aliphatic heterocycles. The summed E-state index contributed by atoms with van der Waals surface area (Å²) in [4.78, 5) is 26.7. The maximum absolute atomic E-state index is 12.2. The molecule has 108 valence electrons. The molecule has 0 aliphatic rings. The van der Waals surface area contributed by atoms with Crippen LogP contribution >= 0.6 is 0 Å². The van der Waals surface area contributed by atoms with Gasteiger partial charge in [0.2, 0.25) is 0 Å². The smallest absolute Gasteiger partial charge is 0.354 e. The van der Waals surface area contributed by atoms with Crippen LogP contribution in [-0.2, 0) is 0 Å². The van der Waals surface area contributed by atoms with Gasteiger partial charge in [0, 0.05) is 0 Å². The number of hydrogen-bond acceptors (Lipinski definition) is 4. The van der Waals surface area contributed by atoms with E-state index >= 15 is 0 Å². The Balaban J connectivity index is 2.21. The fourth-order valence-corrected chi connectivity index (χ4v) is 1.79. The zero-order valence-corrected chi connectivity index (χ0v) is 11.6. The molecule has 2 rings (SSSR count). The van der Waals surface area contributed by atoms with Gasteiger partial charge in [0.05, 0.1) is 24.6 Å². The summed E-state index contributed by atoms with van der Waals surface area (Å²) in [7, 11) is 1.49. The molecule has 2 N–H and O–H groups in total. The molecule has 1 amide bonds. The second kappa shape index (κ2) is 6.04. The third-order valence-electron chi connectivity index (χ3n) is 2.84. The molecule has 0 saturated heterocycles. The largest absolute Gasteiger partial charge is 0.496 e. The Kier molecular flexibility index (Phi) is 4.18. The van der Waals surface area contributed by atoms with Crippen molar-refractivity contribution < 1.29 is 19.4 Å². The summed E-state index contributed by atoms with van der Waals surface area (Å²) < 4.78 is 5.16. The summed E-state index contributed by atoms with van der Waals surface area (Å²) in [5, 5.41) is 11.4. The number of rotatable bonds is 4. The monoisotopic (exact) mass is 286 g/mol. The summed E-state index contributed by atoms with van der Waals surface area (Å²) in [6, 6.07) is 8.09. The van der Waals surface area contributed by atoms with Gasteiger partial charge in [-0.15, -0.1) is 0 Å². The number of nitrogens with zero attached hydrogens (tertiary/aromatic N) is 1. The quantitative estimate of drug-likeness (QED) is 0.900. The van der Waals surface area contributed by atoms with E-state index in [4.69, 9.17) is 9.84 Å². The zero-order valence-electron chi connectivity index (χ0n) is 11.6. The predicted molar refractivity (Wildman–Crippen MR) is 76.9 cm³/mol. The van der Waals surface area contributed by atoms with E-state index in [0.717, 1.165) is 5.56 Å². The number of nitrogens with one attached hydrogen (secondary N) is 1. The van der Waals surface area contributed by atoms with Crippen LogP contribution in [0.3, 0.4) is 0 Å². The Hall–Kier alpha value is -2.89. The molecule has 0 atom stereocenters. The first-order valence-electron chi connectivity index (χ1n) is 6.16. The van der Waals surface area contributed by atoms with Crippen LogP contribution in [-0.4, -0.2) is 29.1 Å². The molecule has 0 aliphatic carbocycles. The topological polar surface area (TPSA) is 88.5 Å². The molecule has 2 aromatic rings. The van der Waals surface area contributed by atoms with Crippen molar-refractivity contribution in [3.63, 3.8) is 0 Å². The lowest BCUT2D eigenvalue weighted by molar-refractivity contribution is 0.0690. The second-order valence-corrected chi connectivity index (χ2v) is 4.40. The molecule has 1 aromatic heterocycles. The fraction of sp³-hybridized carbons (Fsp3) is 0.133. The zero-order chi connectivity index (χ0) is 15.4. The maximum atomic E-state index is 12.2. The maximum Gasteiger partial charge on any atom is 0.354 e. The number of aromatic nitrogens is 1.